The van der Waals surface area contributed by atoms with Crippen LogP contribution in [0.2, 0.25) is 0 Å². The van der Waals surface area contributed by atoms with E-state index in [4.69, 9.17) is 0 Å². The van der Waals surface area contributed by atoms with Gasteiger partial charge in [0.2, 0.25) is 0 Å². The Morgan fingerprint density at radius 1 is 0.636 bits per heavy atom. The lowest BCUT2D eigenvalue weighted by molar-refractivity contribution is 0.481. The second-order valence-electron chi connectivity index (χ2n) is 5.65. The number of aromatic hydroxyl groups is 1. The molecular formula is C21H16O. The van der Waals surface area contributed by atoms with Gasteiger partial charge in [0.25, 0.3) is 0 Å². The van der Waals surface area contributed by atoms with E-state index in [0.717, 1.165) is 17.2 Å². The first-order chi connectivity index (χ1) is 10.8. The van der Waals surface area contributed by atoms with Gasteiger partial charge in [-0.05, 0) is 39.8 Å². The van der Waals surface area contributed by atoms with Crippen molar-refractivity contribution in [2.45, 2.75) is 6.42 Å². The standard InChI is InChI=1S/C21H16O/c22-21-12-11-18(19-7-3-4-8-20(19)21)14-15-9-10-16-5-1-2-6-17(16)13-15/h1-13,22H,14H2. The summed E-state index contributed by atoms with van der Waals surface area (Å²) in [4.78, 5) is 0. The van der Waals surface area contributed by atoms with Gasteiger partial charge in [0, 0.05) is 5.39 Å². The topological polar surface area (TPSA) is 20.2 Å². The number of benzene rings is 4. The average Bonchev–Trinajstić information content (AvgIpc) is 2.58. The molecule has 4 aromatic carbocycles. The van der Waals surface area contributed by atoms with Gasteiger partial charge in [0.1, 0.15) is 5.75 Å². The monoisotopic (exact) mass is 284 g/mol. The van der Waals surface area contributed by atoms with E-state index >= 15 is 0 Å². The first-order valence-corrected chi connectivity index (χ1v) is 7.48. The van der Waals surface area contributed by atoms with E-state index in [9.17, 15) is 5.11 Å². The molecule has 22 heavy (non-hydrogen) atoms. The maximum atomic E-state index is 10.0. The van der Waals surface area contributed by atoms with Crippen molar-refractivity contribution in [3.63, 3.8) is 0 Å². The van der Waals surface area contributed by atoms with Gasteiger partial charge in [-0.15, -0.1) is 0 Å². The Morgan fingerprint density at radius 2 is 1.36 bits per heavy atom. The van der Waals surface area contributed by atoms with E-state index in [1.807, 2.05) is 24.3 Å². The Labute approximate surface area is 129 Å². The Kier molecular flexibility index (Phi) is 3.05. The molecule has 0 aliphatic heterocycles. The van der Waals surface area contributed by atoms with Gasteiger partial charge >= 0.3 is 0 Å². The summed E-state index contributed by atoms with van der Waals surface area (Å²) in [6, 6.07) is 26.9. The molecule has 106 valence electrons. The predicted octanol–water partition coefficient (Wildman–Crippen LogP) is 5.29. The molecule has 1 N–H and O–H groups in total. The number of hydrogen-bond acceptors (Lipinski definition) is 1. The fourth-order valence-corrected chi connectivity index (χ4v) is 3.07. The van der Waals surface area contributed by atoms with Gasteiger partial charge < -0.3 is 5.11 Å². The molecule has 0 saturated heterocycles. The summed E-state index contributed by atoms with van der Waals surface area (Å²) in [5.41, 5.74) is 2.53. The molecule has 0 radical (unpaired) electrons. The van der Waals surface area contributed by atoms with Crippen LogP contribution in [0.1, 0.15) is 11.1 Å². The van der Waals surface area contributed by atoms with Crippen molar-refractivity contribution >= 4 is 21.5 Å². The second-order valence-corrected chi connectivity index (χ2v) is 5.65. The summed E-state index contributed by atoms with van der Waals surface area (Å²) in [5, 5.41) is 14.6. The SMILES string of the molecule is Oc1ccc(Cc2ccc3ccccc3c2)c2ccccc12. The lowest BCUT2D eigenvalue weighted by atomic mass is 9.96. The largest absolute Gasteiger partial charge is 0.507 e. The predicted molar refractivity (Wildman–Crippen MR) is 92.4 cm³/mol. The molecular weight excluding hydrogens is 268 g/mol. The van der Waals surface area contributed by atoms with Gasteiger partial charge in [0.05, 0.1) is 0 Å². The molecule has 0 spiro atoms. The molecule has 0 heterocycles. The van der Waals surface area contributed by atoms with Gasteiger partial charge in [-0.3, -0.25) is 0 Å². The normalized spacial score (nSPS) is 11.1. The molecule has 0 saturated carbocycles. The minimum atomic E-state index is 0.345. The Hall–Kier alpha value is -2.80. The molecule has 1 heteroatoms. The van der Waals surface area contributed by atoms with Crippen LogP contribution < -0.4 is 0 Å². The second kappa shape index (κ2) is 5.19. The van der Waals surface area contributed by atoms with E-state index in [1.54, 1.807) is 6.07 Å². The van der Waals surface area contributed by atoms with Crippen molar-refractivity contribution in [1.82, 2.24) is 0 Å². The fourth-order valence-electron chi connectivity index (χ4n) is 3.07. The van der Waals surface area contributed by atoms with Crippen LogP contribution >= 0.6 is 0 Å². The van der Waals surface area contributed by atoms with Crippen LogP contribution in [0.4, 0.5) is 0 Å². The highest BCUT2D eigenvalue weighted by Gasteiger charge is 2.06. The smallest absolute Gasteiger partial charge is 0.123 e. The zero-order valence-corrected chi connectivity index (χ0v) is 12.2. The Balaban J connectivity index is 1.81. The van der Waals surface area contributed by atoms with Gasteiger partial charge in [-0.1, -0.05) is 72.8 Å². The third-order valence-electron chi connectivity index (χ3n) is 4.20. The first-order valence-electron chi connectivity index (χ1n) is 7.48. The summed E-state index contributed by atoms with van der Waals surface area (Å²) in [7, 11) is 0. The van der Waals surface area contributed by atoms with Gasteiger partial charge in [-0.2, -0.15) is 0 Å². The third kappa shape index (κ3) is 2.21. The molecule has 0 aliphatic rings. The highest BCUT2D eigenvalue weighted by molar-refractivity contribution is 5.91. The first kappa shape index (κ1) is 12.9. The number of phenols is 1. The van der Waals surface area contributed by atoms with Crippen LogP contribution in [0.25, 0.3) is 21.5 Å². The molecule has 0 atom stereocenters. The molecule has 0 aromatic heterocycles. The van der Waals surface area contributed by atoms with E-state index in [0.29, 0.717) is 5.75 Å². The Morgan fingerprint density at radius 3 is 2.23 bits per heavy atom. The van der Waals surface area contributed by atoms with Crippen LogP contribution in [-0.2, 0) is 6.42 Å². The van der Waals surface area contributed by atoms with Crippen molar-refractivity contribution in [3.05, 3.63) is 90.0 Å². The minimum Gasteiger partial charge on any atom is -0.507 e. The lowest BCUT2D eigenvalue weighted by Gasteiger charge is -2.09. The van der Waals surface area contributed by atoms with Crippen molar-refractivity contribution in [2.75, 3.05) is 0 Å². The summed E-state index contributed by atoms with van der Waals surface area (Å²) in [5.74, 6) is 0.345. The zero-order chi connectivity index (χ0) is 14.9. The molecule has 4 aromatic rings. The summed E-state index contributed by atoms with van der Waals surface area (Å²) < 4.78 is 0. The Bertz CT molecular complexity index is 970. The van der Waals surface area contributed by atoms with E-state index in [-0.39, 0.29) is 0 Å². The quantitative estimate of drug-likeness (QED) is 0.530. The van der Waals surface area contributed by atoms with Crippen LogP contribution in [0.5, 0.6) is 5.75 Å². The molecule has 0 unspecified atom stereocenters. The molecule has 4 rings (SSSR count). The minimum absolute atomic E-state index is 0.345. The molecule has 0 amide bonds. The molecule has 0 bridgehead atoms. The summed E-state index contributed by atoms with van der Waals surface area (Å²) >= 11 is 0. The van der Waals surface area contributed by atoms with E-state index in [2.05, 4.69) is 48.5 Å². The van der Waals surface area contributed by atoms with Crippen LogP contribution in [0, 0.1) is 0 Å². The van der Waals surface area contributed by atoms with E-state index < -0.39 is 0 Å². The van der Waals surface area contributed by atoms with Gasteiger partial charge in [0.15, 0.2) is 0 Å². The van der Waals surface area contributed by atoms with Crippen molar-refractivity contribution in [3.8, 4) is 5.75 Å². The highest BCUT2D eigenvalue weighted by Crippen LogP contribution is 2.29. The van der Waals surface area contributed by atoms with Crippen LogP contribution in [0.3, 0.4) is 0 Å². The van der Waals surface area contributed by atoms with E-state index in [1.165, 1.54) is 21.9 Å². The molecule has 1 nitrogen and oxygen atoms in total. The summed E-state index contributed by atoms with van der Waals surface area (Å²) in [6.45, 7) is 0. The average molecular weight is 284 g/mol. The van der Waals surface area contributed by atoms with Crippen LogP contribution in [0.15, 0.2) is 78.9 Å². The fraction of sp³-hybridized carbons (Fsp3) is 0.0476. The van der Waals surface area contributed by atoms with Crippen LogP contribution in [-0.4, -0.2) is 5.11 Å². The summed E-state index contributed by atoms with van der Waals surface area (Å²) in [6.07, 6.45) is 0.867. The lowest BCUT2D eigenvalue weighted by Crippen LogP contribution is -1.90. The van der Waals surface area contributed by atoms with Crippen molar-refractivity contribution in [2.24, 2.45) is 0 Å². The van der Waals surface area contributed by atoms with Crippen molar-refractivity contribution in [1.29, 1.82) is 0 Å². The highest BCUT2D eigenvalue weighted by atomic mass is 16.3. The number of phenolic OH excluding ortho intramolecular Hbond substituents is 1. The number of hydrogen-bond donors (Lipinski definition) is 1. The molecule has 0 aliphatic carbocycles. The number of rotatable bonds is 2. The zero-order valence-electron chi connectivity index (χ0n) is 12.2. The number of fused-ring (bicyclic) bond motifs is 2. The third-order valence-corrected chi connectivity index (χ3v) is 4.20. The maximum Gasteiger partial charge on any atom is 0.123 e. The van der Waals surface area contributed by atoms with Crippen molar-refractivity contribution < 1.29 is 5.11 Å². The maximum absolute atomic E-state index is 10.0. The van der Waals surface area contributed by atoms with Gasteiger partial charge in [-0.25, -0.2) is 0 Å². The molecule has 0 fully saturated rings.